The van der Waals surface area contributed by atoms with Crippen LogP contribution in [-0.2, 0) is 9.53 Å². The Balaban J connectivity index is 2.38. The molecule has 1 aliphatic heterocycles. The van der Waals surface area contributed by atoms with Crippen molar-refractivity contribution in [3.63, 3.8) is 0 Å². The molecular weight excluding hydrogens is 198 g/mol. The Kier molecular flexibility index (Phi) is 4.07. The molecule has 0 aromatic heterocycles. The van der Waals surface area contributed by atoms with Crippen molar-refractivity contribution in [2.75, 3.05) is 26.7 Å². The summed E-state index contributed by atoms with van der Waals surface area (Å²) in [6, 6.07) is 0. The first-order chi connectivity index (χ1) is 6.95. The van der Waals surface area contributed by atoms with Crippen molar-refractivity contribution < 1.29 is 19.7 Å². The number of carboxylic acids is 1. The third kappa shape index (κ3) is 3.44. The van der Waals surface area contributed by atoms with Gasteiger partial charge in [-0.25, -0.2) is 4.79 Å². The van der Waals surface area contributed by atoms with Crippen molar-refractivity contribution in [2.24, 2.45) is 0 Å². The van der Waals surface area contributed by atoms with Crippen LogP contribution in [-0.4, -0.2) is 59.5 Å². The third-order valence-corrected chi connectivity index (χ3v) is 2.86. The number of rotatable bonds is 4. The van der Waals surface area contributed by atoms with E-state index in [0.29, 0.717) is 0 Å². The highest BCUT2D eigenvalue weighted by Gasteiger charge is 2.33. The molecule has 1 unspecified atom stereocenters. The fourth-order valence-corrected chi connectivity index (χ4v) is 1.81. The summed E-state index contributed by atoms with van der Waals surface area (Å²) in [7, 11) is 1.69. The largest absolute Gasteiger partial charge is 0.479 e. The molecule has 1 atom stereocenters. The van der Waals surface area contributed by atoms with Crippen LogP contribution >= 0.6 is 0 Å². The zero-order valence-electron chi connectivity index (χ0n) is 9.27. The van der Waals surface area contributed by atoms with Gasteiger partial charge in [0.15, 0.2) is 5.60 Å². The molecule has 2 N–H and O–H groups in total. The molecule has 0 aromatic carbocycles. The molecule has 0 amide bonds. The van der Waals surface area contributed by atoms with Gasteiger partial charge in [0.1, 0.15) is 0 Å². The minimum Gasteiger partial charge on any atom is -0.479 e. The number of ether oxygens (including phenoxy) is 1. The van der Waals surface area contributed by atoms with Crippen LogP contribution < -0.4 is 0 Å². The summed E-state index contributed by atoms with van der Waals surface area (Å²) in [5, 5.41) is 18.4. The standard InChI is InChI=1S/C10H19NO4/c1-10(14,9(12)13)7-11-5-3-8(15-2)4-6-11/h8,14H,3-7H2,1-2H3,(H,12,13). The maximum absolute atomic E-state index is 10.7. The third-order valence-electron chi connectivity index (χ3n) is 2.86. The molecule has 0 aliphatic carbocycles. The zero-order chi connectivity index (χ0) is 11.5. The molecule has 1 fully saturated rings. The summed E-state index contributed by atoms with van der Waals surface area (Å²) in [6.45, 7) is 3.07. The fraction of sp³-hybridized carbons (Fsp3) is 0.900. The molecule has 5 nitrogen and oxygen atoms in total. The van der Waals surface area contributed by atoms with Gasteiger partial charge in [-0.3, -0.25) is 4.90 Å². The lowest BCUT2D eigenvalue weighted by molar-refractivity contribution is -0.159. The lowest BCUT2D eigenvalue weighted by Gasteiger charge is -2.34. The van der Waals surface area contributed by atoms with Gasteiger partial charge in [0.05, 0.1) is 6.10 Å². The summed E-state index contributed by atoms with van der Waals surface area (Å²) in [4.78, 5) is 12.7. The number of likely N-dealkylation sites (tertiary alicyclic amines) is 1. The number of hydrogen-bond acceptors (Lipinski definition) is 4. The number of carboxylic acid groups (broad SMARTS) is 1. The minimum atomic E-state index is -1.65. The van der Waals surface area contributed by atoms with Gasteiger partial charge in [-0.2, -0.15) is 0 Å². The van der Waals surface area contributed by atoms with Crippen molar-refractivity contribution in [2.45, 2.75) is 31.5 Å². The number of carbonyl (C=O) groups is 1. The Morgan fingerprint density at radius 1 is 1.53 bits per heavy atom. The summed E-state index contributed by atoms with van der Waals surface area (Å²) < 4.78 is 5.21. The minimum absolute atomic E-state index is 0.179. The smallest absolute Gasteiger partial charge is 0.336 e. The summed E-state index contributed by atoms with van der Waals surface area (Å²) in [5.41, 5.74) is -1.65. The number of hydrogen-bond donors (Lipinski definition) is 2. The lowest BCUT2D eigenvalue weighted by Crippen LogP contribution is -2.49. The van der Waals surface area contributed by atoms with E-state index >= 15 is 0 Å². The first-order valence-electron chi connectivity index (χ1n) is 5.16. The Labute approximate surface area is 89.6 Å². The lowest BCUT2D eigenvalue weighted by atomic mass is 10.0. The van der Waals surface area contributed by atoms with E-state index in [1.165, 1.54) is 6.92 Å². The van der Waals surface area contributed by atoms with Gasteiger partial charge < -0.3 is 14.9 Å². The first-order valence-corrected chi connectivity index (χ1v) is 5.16. The molecule has 1 rings (SSSR count). The van der Waals surface area contributed by atoms with Crippen LogP contribution in [0, 0.1) is 0 Å². The molecule has 0 radical (unpaired) electrons. The highest BCUT2D eigenvalue weighted by molar-refractivity contribution is 5.76. The van der Waals surface area contributed by atoms with E-state index in [1.807, 2.05) is 4.90 Å². The maximum Gasteiger partial charge on any atom is 0.336 e. The Hall–Kier alpha value is -0.650. The topological polar surface area (TPSA) is 70.0 Å². The molecule has 1 heterocycles. The van der Waals surface area contributed by atoms with Crippen molar-refractivity contribution in [1.29, 1.82) is 0 Å². The molecular formula is C10H19NO4. The average Bonchev–Trinajstić information content (AvgIpc) is 2.18. The summed E-state index contributed by atoms with van der Waals surface area (Å²) >= 11 is 0. The Bertz CT molecular complexity index is 221. The second-order valence-corrected chi connectivity index (χ2v) is 4.29. The molecule has 0 saturated carbocycles. The van der Waals surface area contributed by atoms with E-state index in [4.69, 9.17) is 9.84 Å². The predicted molar refractivity (Wildman–Crippen MR) is 54.7 cm³/mol. The second-order valence-electron chi connectivity index (χ2n) is 4.29. The number of aliphatic carboxylic acids is 1. The van der Waals surface area contributed by atoms with Crippen LogP contribution in [0.2, 0.25) is 0 Å². The van der Waals surface area contributed by atoms with Crippen molar-refractivity contribution in [3.05, 3.63) is 0 Å². The van der Waals surface area contributed by atoms with Crippen molar-refractivity contribution in [1.82, 2.24) is 4.90 Å². The van der Waals surface area contributed by atoms with Crippen molar-refractivity contribution >= 4 is 5.97 Å². The van der Waals surface area contributed by atoms with Crippen LogP contribution in [0.1, 0.15) is 19.8 Å². The van der Waals surface area contributed by atoms with E-state index in [-0.39, 0.29) is 12.6 Å². The van der Waals surface area contributed by atoms with Gasteiger partial charge in [-0.1, -0.05) is 0 Å². The van der Waals surface area contributed by atoms with Gasteiger partial charge in [0.25, 0.3) is 0 Å². The molecule has 0 aromatic rings. The maximum atomic E-state index is 10.7. The molecule has 1 saturated heterocycles. The van der Waals surface area contributed by atoms with Crippen LogP contribution in [0.5, 0.6) is 0 Å². The molecule has 15 heavy (non-hydrogen) atoms. The SMILES string of the molecule is COC1CCN(CC(C)(O)C(=O)O)CC1. The predicted octanol–water partition coefficient (Wildman–Crippen LogP) is -0.0672. The highest BCUT2D eigenvalue weighted by Crippen LogP contribution is 2.15. The van der Waals surface area contributed by atoms with Crippen LogP contribution in [0.25, 0.3) is 0 Å². The quantitative estimate of drug-likeness (QED) is 0.690. The summed E-state index contributed by atoms with van der Waals surface area (Å²) in [5.74, 6) is -1.17. The molecule has 1 aliphatic rings. The van der Waals surface area contributed by atoms with Crippen LogP contribution in [0.4, 0.5) is 0 Å². The average molecular weight is 217 g/mol. The van der Waals surface area contributed by atoms with Gasteiger partial charge >= 0.3 is 5.97 Å². The number of piperidine rings is 1. The van der Waals surface area contributed by atoms with E-state index in [0.717, 1.165) is 25.9 Å². The van der Waals surface area contributed by atoms with Gasteiger partial charge in [0.2, 0.25) is 0 Å². The van der Waals surface area contributed by atoms with E-state index in [2.05, 4.69) is 0 Å². The summed E-state index contributed by atoms with van der Waals surface area (Å²) in [6.07, 6.45) is 2.06. The molecule has 0 bridgehead atoms. The molecule has 0 spiro atoms. The first kappa shape index (κ1) is 12.4. The number of aliphatic hydroxyl groups is 1. The normalized spacial score (nSPS) is 23.7. The number of β-amino-alcohol motifs (C(OH)–C–C–N with tert-alkyl or cyclic N) is 1. The second kappa shape index (κ2) is 4.92. The Morgan fingerprint density at radius 3 is 2.47 bits per heavy atom. The van der Waals surface area contributed by atoms with Gasteiger partial charge in [0, 0.05) is 26.7 Å². The monoisotopic (exact) mass is 217 g/mol. The highest BCUT2D eigenvalue weighted by atomic mass is 16.5. The van der Waals surface area contributed by atoms with Crippen molar-refractivity contribution in [3.8, 4) is 0 Å². The van der Waals surface area contributed by atoms with Gasteiger partial charge in [-0.15, -0.1) is 0 Å². The fourth-order valence-electron chi connectivity index (χ4n) is 1.81. The Morgan fingerprint density at radius 2 is 2.07 bits per heavy atom. The molecule has 88 valence electrons. The van der Waals surface area contributed by atoms with E-state index in [1.54, 1.807) is 7.11 Å². The number of methoxy groups -OCH3 is 1. The van der Waals surface area contributed by atoms with Crippen LogP contribution in [0.15, 0.2) is 0 Å². The van der Waals surface area contributed by atoms with E-state index < -0.39 is 11.6 Å². The van der Waals surface area contributed by atoms with Crippen LogP contribution in [0.3, 0.4) is 0 Å². The van der Waals surface area contributed by atoms with Gasteiger partial charge in [-0.05, 0) is 19.8 Å². The zero-order valence-corrected chi connectivity index (χ0v) is 9.27. The molecule has 5 heteroatoms. The van der Waals surface area contributed by atoms with E-state index in [9.17, 15) is 9.90 Å². The number of nitrogens with zero attached hydrogens (tertiary/aromatic N) is 1.